The van der Waals surface area contributed by atoms with Gasteiger partial charge in [-0.1, -0.05) is 20.8 Å². The van der Waals surface area contributed by atoms with Gasteiger partial charge in [0.1, 0.15) is 6.54 Å². The number of fused-ring (bicyclic) bond motifs is 1. The molecule has 0 radical (unpaired) electrons. The Balaban J connectivity index is 1.76. The van der Waals surface area contributed by atoms with E-state index in [0.717, 1.165) is 30.9 Å². The van der Waals surface area contributed by atoms with E-state index in [-0.39, 0.29) is 17.9 Å². The largest absolute Gasteiger partial charge is 0.351 e. The summed E-state index contributed by atoms with van der Waals surface area (Å²) in [4.78, 5) is 27.5. The lowest BCUT2D eigenvalue weighted by Gasteiger charge is -2.37. The number of hydrogen-bond acceptors (Lipinski definition) is 2. The Hall–Kier alpha value is -1.78. The lowest BCUT2D eigenvalue weighted by Crippen LogP contribution is -2.51. The molecule has 0 aromatic carbocycles. The minimum absolute atomic E-state index is 0.0173. The highest BCUT2D eigenvalue weighted by Gasteiger charge is 2.38. The first-order valence-electron chi connectivity index (χ1n) is 9.70. The van der Waals surface area contributed by atoms with Crippen molar-refractivity contribution in [3.63, 3.8) is 0 Å². The smallest absolute Gasteiger partial charge is 0.249 e. The molecule has 3 rings (SSSR count). The maximum atomic E-state index is 13.1. The maximum absolute atomic E-state index is 13.1. The van der Waals surface area contributed by atoms with Crippen molar-refractivity contribution >= 4 is 11.8 Å². The summed E-state index contributed by atoms with van der Waals surface area (Å²) in [6.07, 6.45) is 7.23. The molecule has 25 heavy (non-hydrogen) atoms. The summed E-state index contributed by atoms with van der Waals surface area (Å²) in [6, 6.07) is 3.66. The van der Waals surface area contributed by atoms with Gasteiger partial charge in [-0.2, -0.15) is 0 Å². The van der Waals surface area contributed by atoms with Crippen molar-refractivity contribution in [2.75, 3.05) is 6.54 Å². The molecule has 1 unspecified atom stereocenters. The summed E-state index contributed by atoms with van der Waals surface area (Å²) < 4.78 is 1.92. The molecule has 1 aliphatic carbocycles. The van der Waals surface area contributed by atoms with Gasteiger partial charge in [0.05, 0.1) is 5.69 Å². The number of carbonyl (C=O) groups is 2. The number of amides is 2. The molecule has 1 fully saturated rings. The van der Waals surface area contributed by atoms with Crippen LogP contribution in [0.15, 0.2) is 18.3 Å². The van der Waals surface area contributed by atoms with Crippen LogP contribution in [0.4, 0.5) is 0 Å². The van der Waals surface area contributed by atoms with Crippen molar-refractivity contribution < 1.29 is 9.59 Å². The molecule has 0 bridgehead atoms. The van der Waals surface area contributed by atoms with Gasteiger partial charge in [-0.05, 0) is 56.1 Å². The van der Waals surface area contributed by atoms with Gasteiger partial charge in [0.15, 0.2) is 6.04 Å². The lowest BCUT2D eigenvalue weighted by atomic mass is 9.87. The van der Waals surface area contributed by atoms with Crippen LogP contribution in [0.1, 0.15) is 64.6 Å². The highest BCUT2D eigenvalue weighted by Crippen LogP contribution is 2.29. The van der Waals surface area contributed by atoms with Crippen LogP contribution < -0.4 is 5.32 Å². The molecule has 2 amide bonds. The van der Waals surface area contributed by atoms with Crippen LogP contribution in [0.25, 0.3) is 0 Å². The molecule has 0 saturated heterocycles. The predicted molar refractivity (Wildman–Crippen MR) is 97.9 cm³/mol. The minimum atomic E-state index is -0.491. The molecule has 0 spiro atoms. The highest BCUT2D eigenvalue weighted by molar-refractivity contribution is 5.90. The summed E-state index contributed by atoms with van der Waals surface area (Å²) >= 11 is 0. The molecule has 1 aliphatic heterocycles. The fraction of sp³-hybridized carbons (Fsp3) is 0.700. The summed E-state index contributed by atoms with van der Waals surface area (Å²) in [7, 11) is 0. The van der Waals surface area contributed by atoms with E-state index >= 15 is 0 Å². The van der Waals surface area contributed by atoms with E-state index in [9.17, 15) is 9.59 Å². The zero-order chi connectivity index (χ0) is 18.0. The third kappa shape index (κ3) is 4.07. The average Bonchev–Trinajstić information content (AvgIpc) is 3.01. The number of nitrogens with zero attached hydrogens (tertiary/aromatic N) is 2. The van der Waals surface area contributed by atoms with E-state index in [1.807, 2.05) is 22.9 Å². The van der Waals surface area contributed by atoms with Crippen molar-refractivity contribution in [2.45, 2.75) is 71.5 Å². The zero-order valence-corrected chi connectivity index (χ0v) is 15.7. The molecular formula is C20H31N3O2. The number of nitrogens with one attached hydrogen (secondary N) is 1. The highest BCUT2D eigenvalue weighted by atomic mass is 16.2. The van der Waals surface area contributed by atoms with Crippen molar-refractivity contribution in [1.82, 2.24) is 14.8 Å². The first-order chi connectivity index (χ1) is 12.0. The fourth-order valence-corrected chi connectivity index (χ4v) is 3.97. The van der Waals surface area contributed by atoms with Gasteiger partial charge in [0, 0.05) is 18.8 Å². The Labute approximate surface area is 150 Å². The summed E-state index contributed by atoms with van der Waals surface area (Å²) in [6.45, 7) is 7.55. The van der Waals surface area contributed by atoms with Crippen LogP contribution in [-0.4, -0.2) is 33.9 Å². The van der Waals surface area contributed by atoms with Crippen LogP contribution in [0, 0.1) is 11.8 Å². The molecule has 2 heterocycles. The van der Waals surface area contributed by atoms with Crippen molar-refractivity contribution in [3.05, 3.63) is 24.0 Å². The van der Waals surface area contributed by atoms with Gasteiger partial charge >= 0.3 is 0 Å². The van der Waals surface area contributed by atoms with E-state index in [1.54, 1.807) is 4.90 Å². The minimum Gasteiger partial charge on any atom is -0.351 e. The summed E-state index contributed by atoms with van der Waals surface area (Å²) in [5.74, 6) is 1.28. The first-order valence-corrected chi connectivity index (χ1v) is 9.70. The van der Waals surface area contributed by atoms with Crippen molar-refractivity contribution in [2.24, 2.45) is 11.8 Å². The van der Waals surface area contributed by atoms with Gasteiger partial charge in [0.2, 0.25) is 11.8 Å². The SMILES string of the molecule is CC(C)CCN1C(=O)Cn2cccc2C1C(=O)NC1CCC(C)CC1. The molecule has 1 N–H and O–H groups in total. The van der Waals surface area contributed by atoms with E-state index in [4.69, 9.17) is 0 Å². The fourth-order valence-electron chi connectivity index (χ4n) is 3.97. The van der Waals surface area contributed by atoms with E-state index in [1.165, 1.54) is 12.8 Å². The van der Waals surface area contributed by atoms with Crippen molar-refractivity contribution in [1.29, 1.82) is 0 Å². The molecule has 5 nitrogen and oxygen atoms in total. The molecular weight excluding hydrogens is 314 g/mol. The van der Waals surface area contributed by atoms with Crippen LogP contribution in [0.5, 0.6) is 0 Å². The quantitative estimate of drug-likeness (QED) is 0.891. The second-order valence-electron chi connectivity index (χ2n) is 8.20. The molecule has 1 aromatic heterocycles. The topological polar surface area (TPSA) is 54.3 Å². The van der Waals surface area contributed by atoms with E-state index in [2.05, 4.69) is 26.1 Å². The Morgan fingerprint density at radius 2 is 2.00 bits per heavy atom. The molecule has 1 atom stereocenters. The lowest BCUT2D eigenvalue weighted by molar-refractivity contribution is -0.144. The van der Waals surface area contributed by atoms with E-state index in [0.29, 0.717) is 19.0 Å². The second-order valence-corrected chi connectivity index (χ2v) is 8.20. The van der Waals surface area contributed by atoms with Crippen LogP contribution >= 0.6 is 0 Å². The van der Waals surface area contributed by atoms with Crippen LogP contribution in [0.3, 0.4) is 0 Å². The van der Waals surface area contributed by atoms with Gasteiger partial charge in [-0.25, -0.2) is 0 Å². The zero-order valence-electron chi connectivity index (χ0n) is 15.7. The monoisotopic (exact) mass is 345 g/mol. The maximum Gasteiger partial charge on any atom is 0.249 e. The third-order valence-electron chi connectivity index (χ3n) is 5.64. The Morgan fingerprint density at radius 3 is 2.68 bits per heavy atom. The first kappa shape index (κ1) is 18.0. The van der Waals surface area contributed by atoms with Crippen molar-refractivity contribution in [3.8, 4) is 0 Å². The molecule has 2 aliphatic rings. The van der Waals surface area contributed by atoms with Gasteiger partial charge in [0.25, 0.3) is 0 Å². The summed E-state index contributed by atoms with van der Waals surface area (Å²) in [5.41, 5.74) is 0.935. The van der Waals surface area contributed by atoms with Gasteiger partial charge < -0.3 is 14.8 Å². The molecule has 1 aromatic rings. The normalized spacial score (nSPS) is 26.6. The Bertz CT molecular complexity index is 614. The summed E-state index contributed by atoms with van der Waals surface area (Å²) in [5, 5.41) is 3.23. The number of aromatic nitrogens is 1. The van der Waals surface area contributed by atoms with Crippen LogP contribution in [0.2, 0.25) is 0 Å². The molecule has 138 valence electrons. The average molecular weight is 345 g/mol. The standard InChI is InChI=1S/C20H31N3O2/c1-14(2)10-12-23-18(24)13-22-11-4-5-17(22)19(23)20(25)21-16-8-6-15(3)7-9-16/h4-5,11,14-16,19H,6-10,12-13H2,1-3H3,(H,21,25). The van der Waals surface area contributed by atoms with E-state index < -0.39 is 6.04 Å². The predicted octanol–water partition coefficient (Wildman–Crippen LogP) is 3.11. The number of rotatable bonds is 5. The number of carbonyl (C=O) groups excluding carboxylic acids is 2. The Morgan fingerprint density at radius 1 is 1.28 bits per heavy atom. The second kappa shape index (κ2) is 7.63. The van der Waals surface area contributed by atoms with Gasteiger partial charge in [-0.15, -0.1) is 0 Å². The number of hydrogen-bond donors (Lipinski definition) is 1. The molecule has 1 saturated carbocycles. The van der Waals surface area contributed by atoms with Crippen LogP contribution in [-0.2, 0) is 16.1 Å². The molecule has 5 heteroatoms. The third-order valence-corrected chi connectivity index (χ3v) is 5.64. The van der Waals surface area contributed by atoms with Gasteiger partial charge in [-0.3, -0.25) is 9.59 Å². The Kier molecular flexibility index (Phi) is 5.50.